The Morgan fingerprint density at radius 3 is 2.48 bits per heavy atom. The first kappa shape index (κ1) is 22.2. The van der Waals surface area contributed by atoms with Crippen LogP contribution in [-0.2, 0) is 16.1 Å². The van der Waals surface area contributed by atoms with Crippen molar-refractivity contribution in [2.75, 3.05) is 19.6 Å². The number of amides is 3. The molecule has 2 atom stereocenters. The van der Waals surface area contributed by atoms with Crippen LogP contribution in [0.4, 0.5) is 9.59 Å². The third-order valence-electron chi connectivity index (χ3n) is 3.55. The average molecular weight is 382 g/mol. The van der Waals surface area contributed by atoms with Gasteiger partial charge in [0.05, 0.1) is 6.10 Å². The first-order valence-electron chi connectivity index (χ1n) is 8.52. The van der Waals surface area contributed by atoms with E-state index in [1.54, 1.807) is 12.1 Å². The zero-order valence-corrected chi connectivity index (χ0v) is 14.9. The standard InChI is InChI=1S/C17H26N4O6/c18-9-13(22)10-20-15(23)14(7-4-8-19-16(24)25)21-17(26)27-11-12-5-2-1-3-6-12/h1-3,5-6,13-14,19,22H,4,7-11,18H2,(H,20,23)(H,21,26)(H,24,25)/t13?,14-/m0/s1. The lowest BCUT2D eigenvalue weighted by Gasteiger charge is -2.19. The number of carbonyl (C=O) groups is 3. The smallest absolute Gasteiger partial charge is 0.408 e. The molecule has 0 aliphatic rings. The second-order valence-electron chi connectivity index (χ2n) is 5.77. The van der Waals surface area contributed by atoms with E-state index in [-0.39, 0.29) is 32.7 Å². The van der Waals surface area contributed by atoms with Crippen LogP contribution in [0.1, 0.15) is 18.4 Å². The van der Waals surface area contributed by atoms with Gasteiger partial charge in [-0.25, -0.2) is 9.59 Å². The van der Waals surface area contributed by atoms with Crippen LogP contribution in [0.3, 0.4) is 0 Å². The Kier molecular flexibility index (Phi) is 10.3. The van der Waals surface area contributed by atoms with E-state index in [0.717, 1.165) is 5.56 Å². The number of hydrogen-bond acceptors (Lipinski definition) is 6. The predicted molar refractivity (Wildman–Crippen MR) is 96.9 cm³/mol. The Morgan fingerprint density at radius 2 is 1.85 bits per heavy atom. The van der Waals surface area contributed by atoms with Gasteiger partial charge in [0.2, 0.25) is 5.91 Å². The Balaban J connectivity index is 2.52. The minimum absolute atomic E-state index is 0.0139. The molecule has 0 aliphatic carbocycles. The second-order valence-corrected chi connectivity index (χ2v) is 5.77. The largest absolute Gasteiger partial charge is 0.465 e. The Hall–Kier alpha value is -2.85. The van der Waals surface area contributed by atoms with Crippen molar-refractivity contribution in [2.45, 2.75) is 31.6 Å². The molecule has 10 nitrogen and oxygen atoms in total. The summed E-state index contributed by atoms with van der Waals surface area (Å²) in [5.41, 5.74) is 6.08. The molecule has 150 valence electrons. The minimum atomic E-state index is -1.17. The molecule has 3 amide bonds. The number of carboxylic acid groups (broad SMARTS) is 1. The molecule has 0 aliphatic heterocycles. The van der Waals surface area contributed by atoms with Crippen molar-refractivity contribution in [3.63, 3.8) is 0 Å². The average Bonchev–Trinajstić information content (AvgIpc) is 2.67. The number of nitrogens with two attached hydrogens (primary N) is 1. The summed E-state index contributed by atoms with van der Waals surface area (Å²) in [6.07, 6.45) is -2.33. The maximum atomic E-state index is 12.2. The molecule has 1 aromatic carbocycles. The highest BCUT2D eigenvalue weighted by Gasteiger charge is 2.21. The number of hydrogen-bond donors (Lipinski definition) is 6. The Morgan fingerprint density at radius 1 is 1.15 bits per heavy atom. The van der Waals surface area contributed by atoms with Gasteiger partial charge in [-0.3, -0.25) is 4.79 Å². The van der Waals surface area contributed by atoms with Crippen molar-refractivity contribution in [1.82, 2.24) is 16.0 Å². The van der Waals surface area contributed by atoms with Crippen molar-refractivity contribution in [3.05, 3.63) is 35.9 Å². The molecule has 0 heterocycles. The van der Waals surface area contributed by atoms with Crippen LogP contribution in [0.15, 0.2) is 30.3 Å². The summed E-state index contributed by atoms with van der Waals surface area (Å²) < 4.78 is 5.09. The van der Waals surface area contributed by atoms with Gasteiger partial charge in [0.25, 0.3) is 0 Å². The predicted octanol–water partition coefficient (Wildman–Crippen LogP) is -0.235. The second kappa shape index (κ2) is 12.5. The number of alkyl carbamates (subject to hydrolysis) is 1. The van der Waals surface area contributed by atoms with Crippen LogP contribution in [0.2, 0.25) is 0 Å². The van der Waals surface area contributed by atoms with E-state index in [1.807, 2.05) is 18.2 Å². The molecule has 1 aromatic rings. The van der Waals surface area contributed by atoms with E-state index < -0.39 is 30.2 Å². The number of aliphatic hydroxyl groups excluding tert-OH is 1. The van der Waals surface area contributed by atoms with Crippen molar-refractivity contribution in [1.29, 1.82) is 0 Å². The van der Waals surface area contributed by atoms with Crippen molar-refractivity contribution in [3.8, 4) is 0 Å². The van der Waals surface area contributed by atoms with Gasteiger partial charge >= 0.3 is 12.2 Å². The van der Waals surface area contributed by atoms with Gasteiger partial charge in [0, 0.05) is 19.6 Å². The van der Waals surface area contributed by atoms with E-state index in [4.69, 9.17) is 15.6 Å². The fraction of sp³-hybridized carbons (Fsp3) is 0.471. The third kappa shape index (κ3) is 10.0. The molecule has 0 radical (unpaired) electrons. The molecular weight excluding hydrogens is 356 g/mol. The zero-order chi connectivity index (χ0) is 20.1. The third-order valence-corrected chi connectivity index (χ3v) is 3.55. The van der Waals surface area contributed by atoms with Crippen LogP contribution in [0, 0.1) is 0 Å². The van der Waals surface area contributed by atoms with Crippen molar-refractivity contribution >= 4 is 18.1 Å². The van der Waals surface area contributed by atoms with E-state index in [0.29, 0.717) is 6.42 Å². The first-order valence-corrected chi connectivity index (χ1v) is 8.52. The van der Waals surface area contributed by atoms with Gasteiger partial charge in [-0.15, -0.1) is 0 Å². The number of ether oxygens (including phenoxy) is 1. The molecule has 0 bridgehead atoms. The monoisotopic (exact) mass is 382 g/mol. The summed E-state index contributed by atoms with van der Waals surface area (Å²) in [6.45, 7) is 0.110. The molecule has 0 saturated heterocycles. The molecule has 27 heavy (non-hydrogen) atoms. The highest BCUT2D eigenvalue weighted by Crippen LogP contribution is 2.03. The van der Waals surface area contributed by atoms with E-state index >= 15 is 0 Å². The van der Waals surface area contributed by atoms with E-state index in [1.165, 1.54) is 0 Å². The van der Waals surface area contributed by atoms with Gasteiger partial charge in [0.15, 0.2) is 0 Å². The lowest BCUT2D eigenvalue weighted by atomic mass is 10.1. The Bertz CT molecular complexity index is 598. The van der Waals surface area contributed by atoms with Crippen molar-refractivity contribution in [2.24, 2.45) is 5.73 Å². The molecular formula is C17H26N4O6. The van der Waals surface area contributed by atoms with E-state index in [9.17, 15) is 19.5 Å². The molecule has 7 N–H and O–H groups in total. The molecule has 0 aromatic heterocycles. The zero-order valence-electron chi connectivity index (χ0n) is 14.9. The summed E-state index contributed by atoms with van der Waals surface area (Å²) in [4.78, 5) is 34.7. The Labute approximate surface area is 157 Å². The quantitative estimate of drug-likeness (QED) is 0.288. The summed E-state index contributed by atoms with van der Waals surface area (Å²) in [7, 11) is 0. The maximum Gasteiger partial charge on any atom is 0.408 e. The molecule has 1 unspecified atom stereocenters. The van der Waals surface area contributed by atoms with Crippen LogP contribution >= 0.6 is 0 Å². The first-order chi connectivity index (χ1) is 12.9. The highest BCUT2D eigenvalue weighted by atomic mass is 16.5. The molecule has 10 heteroatoms. The SMILES string of the molecule is NCC(O)CNC(=O)[C@H](CCCNC(=O)O)NC(=O)OCc1ccccc1. The number of carbonyl (C=O) groups excluding carboxylic acids is 2. The molecule has 1 rings (SSSR count). The minimum Gasteiger partial charge on any atom is -0.465 e. The van der Waals surface area contributed by atoms with Crippen molar-refractivity contribution < 1.29 is 29.3 Å². The van der Waals surface area contributed by atoms with Gasteiger partial charge in [0.1, 0.15) is 12.6 Å². The number of nitrogens with one attached hydrogen (secondary N) is 3. The normalized spacial score (nSPS) is 12.5. The number of benzene rings is 1. The van der Waals surface area contributed by atoms with Gasteiger partial charge in [-0.05, 0) is 18.4 Å². The van der Waals surface area contributed by atoms with Gasteiger partial charge in [-0.1, -0.05) is 30.3 Å². The molecule has 0 saturated carbocycles. The van der Waals surface area contributed by atoms with Crippen LogP contribution < -0.4 is 21.7 Å². The van der Waals surface area contributed by atoms with Crippen LogP contribution in [0.5, 0.6) is 0 Å². The summed E-state index contributed by atoms with van der Waals surface area (Å²) in [6, 6.07) is 8.11. The lowest BCUT2D eigenvalue weighted by molar-refractivity contribution is -0.123. The maximum absolute atomic E-state index is 12.2. The number of rotatable bonds is 11. The lowest BCUT2D eigenvalue weighted by Crippen LogP contribution is -2.49. The highest BCUT2D eigenvalue weighted by molar-refractivity contribution is 5.85. The van der Waals surface area contributed by atoms with Crippen LogP contribution in [0.25, 0.3) is 0 Å². The van der Waals surface area contributed by atoms with Crippen LogP contribution in [-0.4, -0.2) is 60.1 Å². The molecule has 0 spiro atoms. The fourth-order valence-electron chi connectivity index (χ4n) is 2.10. The summed E-state index contributed by atoms with van der Waals surface area (Å²) >= 11 is 0. The summed E-state index contributed by atoms with van der Waals surface area (Å²) in [5.74, 6) is -0.519. The fourth-order valence-corrected chi connectivity index (χ4v) is 2.10. The van der Waals surface area contributed by atoms with Gasteiger partial charge in [-0.2, -0.15) is 0 Å². The number of aliphatic hydroxyl groups is 1. The summed E-state index contributed by atoms with van der Waals surface area (Å²) in [5, 5.41) is 25.1. The van der Waals surface area contributed by atoms with Gasteiger partial charge < -0.3 is 36.6 Å². The van der Waals surface area contributed by atoms with E-state index in [2.05, 4.69) is 16.0 Å². The topological polar surface area (TPSA) is 163 Å². The molecule has 0 fully saturated rings.